The summed E-state index contributed by atoms with van der Waals surface area (Å²) in [5.41, 5.74) is 0.174. The lowest BCUT2D eigenvalue weighted by atomic mass is 10.9. The smallest absolute Gasteiger partial charge is 0.238 e. The fourth-order valence-electron chi connectivity index (χ4n) is 0.372. The fraction of sp³-hybridized carbons (Fsp3) is 0.250. The fourth-order valence-corrected chi connectivity index (χ4v) is 0.372. The molecule has 1 rings (SSSR count). The van der Waals surface area contributed by atoms with Gasteiger partial charge in [0.2, 0.25) is 5.62 Å². The SMILES string of the molecule is Cn1nccnc1=N. The summed E-state index contributed by atoms with van der Waals surface area (Å²) in [6.45, 7) is 0. The lowest BCUT2D eigenvalue weighted by Crippen LogP contribution is -2.21. The number of hydrogen-bond donors (Lipinski definition) is 1. The average Bonchev–Trinajstić information content (AvgIpc) is 1.77. The van der Waals surface area contributed by atoms with Crippen LogP contribution in [0.4, 0.5) is 0 Å². The van der Waals surface area contributed by atoms with E-state index in [0.29, 0.717) is 0 Å². The van der Waals surface area contributed by atoms with Crippen LogP contribution in [0.25, 0.3) is 0 Å². The zero-order valence-electron chi connectivity index (χ0n) is 4.50. The molecular formula is C4H6N4. The Morgan fingerprint density at radius 1 is 1.62 bits per heavy atom. The Bertz CT molecular complexity index is 225. The van der Waals surface area contributed by atoms with E-state index in [0.717, 1.165) is 0 Å². The number of nitrogens with one attached hydrogen (secondary N) is 1. The van der Waals surface area contributed by atoms with Crippen LogP contribution in [0.3, 0.4) is 0 Å². The molecule has 0 saturated carbocycles. The van der Waals surface area contributed by atoms with Gasteiger partial charge in [0.15, 0.2) is 0 Å². The minimum absolute atomic E-state index is 0.174. The molecule has 0 atom stereocenters. The number of hydrogen-bond acceptors (Lipinski definition) is 3. The highest BCUT2D eigenvalue weighted by atomic mass is 15.3. The second-order valence-corrected chi connectivity index (χ2v) is 1.39. The zero-order chi connectivity index (χ0) is 5.98. The van der Waals surface area contributed by atoms with Crippen LogP contribution in [0.1, 0.15) is 0 Å². The van der Waals surface area contributed by atoms with Crippen LogP contribution in [0.2, 0.25) is 0 Å². The van der Waals surface area contributed by atoms with Gasteiger partial charge in [-0.3, -0.25) is 5.41 Å². The van der Waals surface area contributed by atoms with E-state index in [4.69, 9.17) is 5.41 Å². The van der Waals surface area contributed by atoms with E-state index in [1.54, 1.807) is 7.05 Å². The zero-order valence-corrected chi connectivity index (χ0v) is 4.50. The second kappa shape index (κ2) is 1.73. The topological polar surface area (TPSA) is 54.6 Å². The molecule has 0 spiro atoms. The van der Waals surface area contributed by atoms with Crippen molar-refractivity contribution in [2.45, 2.75) is 0 Å². The highest BCUT2D eigenvalue weighted by Crippen LogP contribution is 1.59. The predicted molar refractivity (Wildman–Crippen MR) is 26.9 cm³/mol. The number of nitrogens with zero attached hydrogens (tertiary/aromatic N) is 3. The first-order chi connectivity index (χ1) is 3.80. The van der Waals surface area contributed by atoms with Crippen molar-refractivity contribution >= 4 is 0 Å². The van der Waals surface area contributed by atoms with Gasteiger partial charge in [0, 0.05) is 7.05 Å². The van der Waals surface area contributed by atoms with E-state index in [1.807, 2.05) is 0 Å². The monoisotopic (exact) mass is 110 g/mol. The second-order valence-electron chi connectivity index (χ2n) is 1.39. The van der Waals surface area contributed by atoms with Crippen molar-refractivity contribution in [2.24, 2.45) is 7.05 Å². The van der Waals surface area contributed by atoms with Crippen molar-refractivity contribution in [3.63, 3.8) is 0 Å². The van der Waals surface area contributed by atoms with Crippen molar-refractivity contribution < 1.29 is 0 Å². The van der Waals surface area contributed by atoms with Crippen LogP contribution in [-0.4, -0.2) is 14.8 Å². The molecule has 8 heavy (non-hydrogen) atoms. The third-order valence-corrected chi connectivity index (χ3v) is 0.810. The van der Waals surface area contributed by atoms with Gasteiger partial charge < -0.3 is 0 Å². The molecule has 0 aromatic carbocycles. The molecule has 42 valence electrons. The summed E-state index contributed by atoms with van der Waals surface area (Å²) in [6.07, 6.45) is 3.03. The quantitative estimate of drug-likeness (QED) is 0.480. The first kappa shape index (κ1) is 4.96. The Labute approximate surface area is 46.3 Å². The molecule has 1 N–H and O–H groups in total. The van der Waals surface area contributed by atoms with Gasteiger partial charge in [-0.1, -0.05) is 0 Å². The number of rotatable bonds is 0. The van der Waals surface area contributed by atoms with Crippen LogP contribution in [0, 0.1) is 5.41 Å². The van der Waals surface area contributed by atoms with Gasteiger partial charge in [-0.15, -0.1) is 0 Å². The maximum atomic E-state index is 7.01. The Morgan fingerprint density at radius 3 is 2.75 bits per heavy atom. The van der Waals surface area contributed by atoms with Crippen LogP contribution >= 0.6 is 0 Å². The van der Waals surface area contributed by atoms with E-state index >= 15 is 0 Å². The van der Waals surface area contributed by atoms with E-state index in [1.165, 1.54) is 17.1 Å². The standard InChI is InChI=1S/C4H6N4/c1-8-4(5)6-2-3-7-8/h2-3,5H,1H3. The minimum atomic E-state index is 0.174. The lowest BCUT2D eigenvalue weighted by Gasteiger charge is -1.89. The highest BCUT2D eigenvalue weighted by Gasteiger charge is 1.78. The summed E-state index contributed by atoms with van der Waals surface area (Å²) in [5, 5.41) is 10.8. The largest absolute Gasteiger partial charge is 0.266 e. The van der Waals surface area contributed by atoms with Crippen LogP contribution in [0.15, 0.2) is 12.4 Å². The molecule has 0 amide bonds. The molecule has 0 unspecified atom stereocenters. The Kier molecular flexibility index (Phi) is 1.07. The first-order valence-electron chi connectivity index (χ1n) is 2.19. The molecule has 0 bridgehead atoms. The molecule has 4 heteroatoms. The molecule has 0 fully saturated rings. The van der Waals surface area contributed by atoms with Crippen molar-refractivity contribution in [1.82, 2.24) is 14.8 Å². The van der Waals surface area contributed by atoms with Crippen LogP contribution in [0.5, 0.6) is 0 Å². The molecule has 4 nitrogen and oxygen atoms in total. The van der Waals surface area contributed by atoms with E-state index in [2.05, 4.69) is 10.1 Å². The Balaban J connectivity index is 3.35. The average molecular weight is 110 g/mol. The lowest BCUT2D eigenvalue weighted by molar-refractivity contribution is 0.644. The van der Waals surface area contributed by atoms with E-state index < -0.39 is 0 Å². The van der Waals surface area contributed by atoms with Gasteiger partial charge in [-0.25, -0.2) is 9.67 Å². The number of aryl methyl sites for hydroxylation is 1. The van der Waals surface area contributed by atoms with Crippen molar-refractivity contribution in [1.29, 1.82) is 5.41 Å². The molecule has 1 aromatic rings. The van der Waals surface area contributed by atoms with Gasteiger partial charge >= 0.3 is 0 Å². The molecular weight excluding hydrogens is 104 g/mol. The van der Waals surface area contributed by atoms with E-state index in [9.17, 15) is 0 Å². The van der Waals surface area contributed by atoms with Crippen LogP contribution in [-0.2, 0) is 7.05 Å². The third-order valence-electron chi connectivity index (χ3n) is 0.810. The maximum Gasteiger partial charge on any atom is 0.238 e. The molecule has 0 aliphatic heterocycles. The molecule has 1 heterocycles. The first-order valence-corrected chi connectivity index (χ1v) is 2.19. The van der Waals surface area contributed by atoms with Gasteiger partial charge in [0.25, 0.3) is 0 Å². The summed E-state index contributed by atoms with van der Waals surface area (Å²) < 4.78 is 1.39. The van der Waals surface area contributed by atoms with Crippen LogP contribution < -0.4 is 5.62 Å². The molecule has 0 saturated heterocycles. The van der Waals surface area contributed by atoms with Gasteiger partial charge in [-0.05, 0) is 0 Å². The Hall–Kier alpha value is -1.19. The normalized spacial score (nSPS) is 9.12. The molecule has 0 aliphatic rings. The van der Waals surface area contributed by atoms with Gasteiger partial charge in [0.1, 0.15) is 0 Å². The summed E-state index contributed by atoms with van der Waals surface area (Å²) in [4.78, 5) is 3.65. The van der Waals surface area contributed by atoms with Crippen molar-refractivity contribution in [3.8, 4) is 0 Å². The summed E-state index contributed by atoms with van der Waals surface area (Å²) in [7, 11) is 1.68. The molecule has 0 radical (unpaired) electrons. The predicted octanol–water partition coefficient (Wildman–Crippen LogP) is -0.705. The summed E-state index contributed by atoms with van der Waals surface area (Å²) >= 11 is 0. The van der Waals surface area contributed by atoms with Gasteiger partial charge in [-0.2, -0.15) is 5.10 Å². The number of aromatic nitrogens is 3. The Morgan fingerprint density at radius 2 is 2.38 bits per heavy atom. The van der Waals surface area contributed by atoms with Gasteiger partial charge in [0.05, 0.1) is 12.4 Å². The summed E-state index contributed by atoms with van der Waals surface area (Å²) in [5.74, 6) is 0. The summed E-state index contributed by atoms with van der Waals surface area (Å²) in [6, 6.07) is 0. The van der Waals surface area contributed by atoms with Crippen molar-refractivity contribution in [2.75, 3.05) is 0 Å². The highest BCUT2D eigenvalue weighted by molar-refractivity contribution is 4.61. The van der Waals surface area contributed by atoms with E-state index in [-0.39, 0.29) is 5.62 Å². The minimum Gasteiger partial charge on any atom is -0.266 e. The van der Waals surface area contributed by atoms with Crippen molar-refractivity contribution in [3.05, 3.63) is 18.0 Å². The molecule has 0 aliphatic carbocycles. The molecule has 1 aromatic heterocycles. The maximum absolute atomic E-state index is 7.01. The third kappa shape index (κ3) is 0.726.